The van der Waals surface area contributed by atoms with Crippen LogP contribution in [0.15, 0.2) is 108 Å². The SMILES string of the molecule is CC(C)=C(O)c1cc(C(=C2CC2)c2ccc(N(C)C3=CC=C(O)CC3)cc2)cc(N(CC2CCC2)c2ccccc2)c1. The third-order valence-corrected chi connectivity index (χ3v) is 8.93. The Morgan fingerprint density at radius 3 is 2.07 bits per heavy atom. The predicted octanol–water partition coefficient (Wildman–Crippen LogP) is 10.1. The molecule has 3 aliphatic carbocycles. The van der Waals surface area contributed by atoms with Gasteiger partial charge in [-0.05, 0) is 129 Å². The summed E-state index contributed by atoms with van der Waals surface area (Å²) in [6.07, 6.45) is 11.4. The third-order valence-electron chi connectivity index (χ3n) is 8.93. The molecule has 0 saturated heterocycles. The van der Waals surface area contributed by atoms with Gasteiger partial charge in [0.25, 0.3) is 0 Å². The number of nitrogens with zero attached hydrogens (tertiary/aromatic N) is 2. The van der Waals surface area contributed by atoms with Crippen molar-refractivity contribution in [2.24, 2.45) is 5.92 Å². The highest BCUT2D eigenvalue weighted by atomic mass is 16.3. The molecular formula is C38H42N2O2. The fourth-order valence-electron chi connectivity index (χ4n) is 6.04. The minimum atomic E-state index is 0.354. The Balaban J connectivity index is 1.40. The van der Waals surface area contributed by atoms with Gasteiger partial charge in [-0.2, -0.15) is 0 Å². The van der Waals surface area contributed by atoms with Gasteiger partial charge in [-0.3, -0.25) is 0 Å². The summed E-state index contributed by atoms with van der Waals surface area (Å²) in [4.78, 5) is 4.66. The van der Waals surface area contributed by atoms with Crippen LogP contribution in [-0.4, -0.2) is 23.8 Å². The molecule has 4 heteroatoms. The Labute approximate surface area is 250 Å². The summed E-state index contributed by atoms with van der Waals surface area (Å²) in [6.45, 7) is 4.93. The molecule has 0 spiro atoms. The summed E-state index contributed by atoms with van der Waals surface area (Å²) in [5.74, 6) is 1.49. The lowest BCUT2D eigenvalue weighted by Crippen LogP contribution is -2.29. The molecule has 0 heterocycles. The van der Waals surface area contributed by atoms with E-state index in [4.69, 9.17) is 0 Å². The predicted molar refractivity (Wildman–Crippen MR) is 176 cm³/mol. The molecule has 2 saturated carbocycles. The van der Waals surface area contributed by atoms with E-state index in [-0.39, 0.29) is 0 Å². The fourth-order valence-corrected chi connectivity index (χ4v) is 6.04. The van der Waals surface area contributed by atoms with Crippen LogP contribution in [-0.2, 0) is 0 Å². The van der Waals surface area contributed by atoms with Crippen LogP contribution < -0.4 is 9.80 Å². The van der Waals surface area contributed by atoms with Crippen LogP contribution in [0.3, 0.4) is 0 Å². The summed E-state index contributed by atoms with van der Waals surface area (Å²) < 4.78 is 0. The normalized spacial score (nSPS) is 16.2. The maximum absolute atomic E-state index is 11.2. The lowest BCUT2D eigenvalue weighted by Gasteiger charge is -2.34. The first-order chi connectivity index (χ1) is 20.4. The summed E-state index contributed by atoms with van der Waals surface area (Å²) in [5.41, 5.74) is 11.6. The molecule has 0 atom stereocenters. The average molecular weight is 559 g/mol. The highest BCUT2D eigenvalue weighted by Crippen LogP contribution is 2.43. The van der Waals surface area contributed by atoms with Gasteiger partial charge >= 0.3 is 0 Å². The van der Waals surface area contributed by atoms with E-state index >= 15 is 0 Å². The summed E-state index contributed by atoms with van der Waals surface area (Å²) in [7, 11) is 2.09. The van der Waals surface area contributed by atoms with E-state index in [1.807, 2.05) is 19.9 Å². The molecule has 0 unspecified atom stereocenters. The van der Waals surface area contributed by atoms with Crippen molar-refractivity contribution in [3.05, 3.63) is 124 Å². The number of hydrogen-bond donors (Lipinski definition) is 2. The molecule has 3 aromatic carbocycles. The molecule has 3 aliphatic rings. The quantitative estimate of drug-likeness (QED) is 0.257. The van der Waals surface area contributed by atoms with E-state index in [2.05, 4.69) is 89.6 Å². The van der Waals surface area contributed by atoms with E-state index in [1.54, 1.807) is 6.08 Å². The molecule has 0 aliphatic heterocycles. The van der Waals surface area contributed by atoms with Crippen molar-refractivity contribution in [2.45, 2.75) is 58.8 Å². The average Bonchev–Trinajstić information content (AvgIpc) is 3.82. The second-order valence-electron chi connectivity index (χ2n) is 12.3. The molecule has 216 valence electrons. The van der Waals surface area contributed by atoms with Crippen molar-refractivity contribution in [2.75, 3.05) is 23.4 Å². The zero-order chi connectivity index (χ0) is 29.2. The number of para-hydroxylation sites is 1. The zero-order valence-electron chi connectivity index (χ0n) is 25.1. The van der Waals surface area contributed by atoms with E-state index in [9.17, 15) is 10.2 Å². The molecule has 3 aromatic rings. The van der Waals surface area contributed by atoms with E-state index in [1.165, 1.54) is 47.4 Å². The topological polar surface area (TPSA) is 46.9 Å². The van der Waals surface area contributed by atoms with Gasteiger partial charge in [-0.25, -0.2) is 0 Å². The highest BCUT2D eigenvalue weighted by molar-refractivity contribution is 5.88. The first-order valence-electron chi connectivity index (χ1n) is 15.4. The standard InChI is InChI=1S/C38H42N2O2/c1-26(2)38(42)31-22-30(23-35(24-31)40(25-27-8-7-9-27)34-10-5-4-6-11-34)37(28-12-13-28)29-14-16-32(17-15-29)39(3)33-18-20-36(41)21-19-33/h4-6,10-11,14-18,20,22-24,27,41-42H,7-9,12-13,19,21,25H2,1-3H3. The monoisotopic (exact) mass is 558 g/mol. The van der Waals surface area contributed by atoms with Gasteiger partial charge in [0.2, 0.25) is 0 Å². The molecular weight excluding hydrogens is 516 g/mol. The summed E-state index contributed by atoms with van der Waals surface area (Å²) in [6, 6.07) is 26.2. The maximum atomic E-state index is 11.2. The Kier molecular flexibility index (Phi) is 7.97. The Hall–Kier alpha value is -4.18. The molecule has 0 amide bonds. The second kappa shape index (κ2) is 12.0. The number of hydrogen-bond acceptors (Lipinski definition) is 4. The van der Waals surface area contributed by atoms with Gasteiger partial charge in [0.05, 0.1) is 5.76 Å². The van der Waals surface area contributed by atoms with Gasteiger partial charge in [-0.1, -0.05) is 42.3 Å². The molecule has 42 heavy (non-hydrogen) atoms. The fraction of sp³-hybridized carbons (Fsp3) is 0.316. The minimum absolute atomic E-state index is 0.354. The molecule has 0 radical (unpaired) electrons. The van der Waals surface area contributed by atoms with Crippen molar-refractivity contribution >= 4 is 28.4 Å². The molecule has 4 nitrogen and oxygen atoms in total. The highest BCUT2D eigenvalue weighted by Gasteiger charge is 2.25. The van der Waals surface area contributed by atoms with Crippen LogP contribution in [0.4, 0.5) is 17.1 Å². The number of benzene rings is 3. The number of aliphatic hydroxyl groups is 2. The van der Waals surface area contributed by atoms with Crippen LogP contribution in [0.25, 0.3) is 11.3 Å². The van der Waals surface area contributed by atoms with Crippen LogP contribution in [0.1, 0.15) is 75.5 Å². The number of allylic oxidation sites excluding steroid dienone is 6. The van der Waals surface area contributed by atoms with Gasteiger partial charge < -0.3 is 20.0 Å². The number of rotatable bonds is 9. The Morgan fingerprint density at radius 2 is 1.48 bits per heavy atom. The van der Waals surface area contributed by atoms with Gasteiger partial charge in [0.1, 0.15) is 5.76 Å². The van der Waals surface area contributed by atoms with Gasteiger partial charge in [0.15, 0.2) is 0 Å². The molecule has 2 N–H and O–H groups in total. The molecule has 6 rings (SSSR count). The lowest BCUT2D eigenvalue weighted by atomic mass is 9.84. The van der Waals surface area contributed by atoms with Gasteiger partial charge in [-0.15, -0.1) is 0 Å². The zero-order valence-corrected chi connectivity index (χ0v) is 25.1. The first kappa shape index (κ1) is 28.0. The first-order valence-corrected chi connectivity index (χ1v) is 15.4. The molecule has 0 aromatic heterocycles. The Morgan fingerprint density at radius 1 is 0.762 bits per heavy atom. The van der Waals surface area contributed by atoms with Crippen LogP contribution in [0, 0.1) is 5.92 Å². The summed E-state index contributed by atoms with van der Waals surface area (Å²) >= 11 is 0. The van der Waals surface area contributed by atoms with Crippen molar-refractivity contribution in [3.8, 4) is 0 Å². The largest absolute Gasteiger partial charge is 0.512 e. The van der Waals surface area contributed by atoms with Crippen molar-refractivity contribution < 1.29 is 10.2 Å². The van der Waals surface area contributed by atoms with Crippen LogP contribution in [0.2, 0.25) is 0 Å². The van der Waals surface area contributed by atoms with Gasteiger partial charge in [0, 0.05) is 48.3 Å². The summed E-state index contributed by atoms with van der Waals surface area (Å²) in [5, 5.41) is 21.0. The van der Waals surface area contributed by atoms with E-state index < -0.39 is 0 Å². The van der Waals surface area contributed by atoms with Crippen LogP contribution in [0.5, 0.6) is 0 Å². The lowest BCUT2D eigenvalue weighted by molar-refractivity contribution is 0.324. The second-order valence-corrected chi connectivity index (χ2v) is 12.3. The van der Waals surface area contributed by atoms with Crippen molar-refractivity contribution in [1.82, 2.24) is 0 Å². The van der Waals surface area contributed by atoms with E-state index in [0.717, 1.165) is 53.9 Å². The third kappa shape index (κ3) is 6.04. The van der Waals surface area contributed by atoms with Crippen LogP contribution >= 0.6 is 0 Å². The van der Waals surface area contributed by atoms with Crippen molar-refractivity contribution in [3.63, 3.8) is 0 Å². The van der Waals surface area contributed by atoms with Crippen molar-refractivity contribution in [1.29, 1.82) is 0 Å². The Bertz CT molecular complexity index is 1560. The smallest absolute Gasteiger partial charge is 0.121 e. The molecule has 2 fully saturated rings. The maximum Gasteiger partial charge on any atom is 0.121 e. The molecule has 0 bridgehead atoms. The minimum Gasteiger partial charge on any atom is -0.512 e. The van der Waals surface area contributed by atoms with E-state index in [0.29, 0.717) is 23.9 Å². The number of aliphatic hydroxyl groups excluding tert-OH is 2. The number of anilines is 3.